The van der Waals surface area contributed by atoms with Crippen molar-refractivity contribution >= 4 is 21.8 Å². The molecule has 0 aliphatic heterocycles. The summed E-state index contributed by atoms with van der Waals surface area (Å²) in [5.74, 6) is -0.144. The zero-order chi connectivity index (χ0) is 12.3. The van der Waals surface area contributed by atoms with Crippen LogP contribution in [0.25, 0.3) is 0 Å². The third kappa shape index (κ3) is 3.30. The molecule has 0 saturated carbocycles. The third-order valence-electron chi connectivity index (χ3n) is 2.62. The van der Waals surface area contributed by atoms with E-state index in [1.54, 1.807) is 12.3 Å². The summed E-state index contributed by atoms with van der Waals surface area (Å²) in [5, 5.41) is 2.95. The molecule has 0 aliphatic rings. The van der Waals surface area contributed by atoms with Crippen LogP contribution < -0.4 is 5.32 Å². The molecule has 1 N–H and O–H groups in total. The Morgan fingerprint density at radius 3 is 2.62 bits per heavy atom. The number of nitrogens with one attached hydrogen (secondary N) is 1. The van der Waals surface area contributed by atoms with Gasteiger partial charge < -0.3 is 5.32 Å². The summed E-state index contributed by atoms with van der Waals surface area (Å²) >= 11 is 3.31. The van der Waals surface area contributed by atoms with Gasteiger partial charge in [0.1, 0.15) is 5.69 Å². The third-order valence-corrected chi connectivity index (χ3v) is 3.26. The van der Waals surface area contributed by atoms with E-state index in [0.29, 0.717) is 10.2 Å². The first-order valence-corrected chi connectivity index (χ1v) is 6.03. The Hall–Kier alpha value is -0.900. The van der Waals surface area contributed by atoms with Crippen molar-refractivity contribution in [1.29, 1.82) is 0 Å². The summed E-state index contributed by atoms with van der Waals surface area (Å²) in [7, 11) is 0. The topological polar surface area (TPSA) is 42.0 Å². The van der Waals surface area contributed by atoms with E-state index in [0.717, 1.165) is 0 Å². The fourth-order valence-electron chi connectivity index (χ4n) is 1.03. The maximum absolute atomic E-state index is 11.9. The fourth-order valence-corrected chi connectivity index (χ4v) is 1.47. The summed E-state index contributed by atoms with van der Waals surface area (Å²) in [6.45, 7) is 8.26. The highest BCUT2D eigenvalue weighted by Crippen LogP contribution is 2.20. The summed E-state index contributed by atoms with van der Waals surface area (Å²) in [6, 6.07) is 3.69. The van der Waals surface area contributed by atoms with Gasteiger partial charge in [0.25, 0.3) is 5.91 Å². The molecule has 1 atom stereocenters. The summed E-state index contributed by atoms with van der Waals surface area (Å²) in [4.78, 5) is 16.0. The zero-order valence-electron chi connectivity index (χ0n) is 10.0. The van der Waals surface area contributed by atoms with Crippen molar-refractivity contribution in [2.45, 2.75) is 33.7 Å². The van der Waals surface area contributed by atoms with E-state index in [1.807, 2.05) is 13.0 Å². The molecule has 1 rings (SSSR count). The summed E-state index contributed by atoms with van der Waals surface area (Å²) in [6.07, 6.45) is 1.61. The fraction of sp³-hybridized carbons (Fsp3) is 0.500. The SMILES string of the molecule is CC(NC(=O)c1ncccc1Br)C(C)(C)C. The first-order valence-electron chi connectivity index (χ1n) is 5.23. The smallest absolute Gasteiger partial charge is 0.271 e. The molecule has 1 aromatic heterocycles. The molecule has 1 heterocycles. The zero-order valence-corrected chi connectivity index (χ0v) is 11.6. The van der Waals surface area contributed by atoms with Gasteiger partial charge in [-0.25, -0.2) is 4.98 Å². The lowest BCUT2D eigenvalue weighted by Crippen LogP contribution is -2.41. The minimum absolute atomic E-state index is 0.0386. The van der Waals surface area contributed by atoms with E-state index in [4.69, 9.17) is 0 Å². The summed E-state index contributed by atoms with van der Waals surface area (Å²) in [5.41, 5.74) is 0.468. The Labute approximate surface area is 105 Å². The lowest BCUT2D eigenvalue weighted by Gasteiger charge is -2.27. The van der Waals surface area contributed by atoms with Gasteiger partial charge >= 0.3 is 0 Å². The number of amides is 1. The second kappa shape index (κ2) is 4.95. The van der Waals surface area contributed by atoms with E-state index in [9.17, 15) is 4.79 Å². The van der Waals surface area contributed by atoms with Crippen LogP contribution in [-0.2, 0) is 0 Å². The van der Waals surface area contributed by atoms with Gasteiger partial charge in [0.2, 0.25) is 0 Å². The lowest BCUT2D eigenvalue weighted by atomic mass is 9.88. The van der Waals surface area contributed by atoms with Crippen molar-refractivity contribution in [2.24, 2.45) is 5.41 Å². The minimum Gasteiger partial charge on any atom is -0.348 e. The van der Waals surface area contributed by atoms with Crippen LogP contribution in [0.2, 0.25) is 0 Å². The number of halogens is 1. The van der Waals surface area contributed by atoms with Gasteiger partial charge in [-0.05, 0) is 40.4 Å². The standard InChI is InChI=1S/C12H17BrN2O/c1-8(12(2,3)4)15-11(16)10-9(13)6-5-7-14-10/h5-8H,1-4H3,(H,15,16). The molecule has 0 spiro atoms. The second-order valence-electron chi connectivity index (χ2n) is 4.90. The average molecular weight is 285 g/mol. The van der Waals surface area contributed by atoms with E-state index < -0.39 is 0 Å². The Morgan fingerprint density at radius 2 is 2.12 bits per heavy atom. The molecule has 16 heavy (non-hydrogen) atoms. The Bertz CT molecular complexity index is 385. The van der Waals surface area contributed by atoms with Crippen molar-refractivity contribution < 1.29 is 4.79 Å². The lowest BCUT2D eigenvalue weighted by molar-refractivity contribution is 0.0904. The Balaban J connectivity index is 2.78. The number of pyridine rings is 1. The number of hydrogen-bond acceptors (Lipinski definition) is 2. The maximum atomic E-state index is 11.9. The monoisotopic (exact) mass is 284 g/mol. The molecule has 4 heteroatoms. The molecule has 0 aromatic carbocycles. The first-order chi connectivity index (χ1) is 7.32. The van der Waals surface area contributed by atoms with E-state index >= 15 is 0 Å². The van der Waals surface area contributed by atoms with Gasteiger partial charge in [-0.1, -0.05) is 20.8 Å². The highest BCUT2D eigenvalue weighted by Gasteiger charge is 2.23. The molecule has 0 bridgehead atoms. The molecule has 1 aromatic rings. The molecule has 0 aliphatic carbocycles. The molecule has 88 valence electrons. The second-order valence-corrected chi connectivity index (χ2v) is 5.75. The number of hydrogen-bond donors (Lipinski definition) is 1. The minimum atomic E-state index is -0.144. The average Bonchev–Trinajstić information content (AvgIpc) is 2.16. The van der Waals surface area contributed by atoms with Gasteiger partial charge in [-0.2, -0.15) is 0 Å². The number of carbonyl (C=O) groups excluding carboxylic acids is 1. The quantitative estimate of drug-likeness (QED) is 0.907. The molecule has 1 unspecified atom stereocenters. The van der Waals surface area contributed by atoms with Gasteiger partial charge in [0.05, 0.1) is 0 Å². The Morgan fingerprint density at radius 1 is 1.50 bits per heavy atom. The van der Waals surface area contributed by atoms with Crippen LogP contribution in [0.1, 0.15) is 38.2 Å². The number of aromatic nitrogens is 1. The van der Waals surface area contributed by atoms with Crippen LogP contribution in [0.15, 0.2) is 22.8 Å². The van der Waals surface area contributed by atoms with Gasteiger partial charge in [0.15, 0.2) is 0 Å². The van der Waals surface area contributed by atoms with Crippen molar-refractivity contribution in [3.8, 4) is 0 Å². The number of nitrogens with zero attached hydrogens (tertiary/aromatic N) is 1. The molecule has 1 amide bonds. The molecular weight excluding hydrogens is 268 g/mol. The van der Waals surface area contributed by atoms with Gasteiger partial charge in [0, 0.05) is 16.7 Å². The van der Waals surface area contributed by atoms with Crippen LogP contribution in [0.5, 0.6) is 0 Å². The molecule has 0 radical (unpaired) electrons. The maximum Gasteiger partial charge on any atom is 0.271 e. The highest BCUT2D eigenvalue weighted by molar-refractivity contribution is 9.10. The largest absolute Gasteiger partial charge is 0.348 e. The molecule has 3 nitrogen and oxygen atoms in total. The number of rotatable bonds is 2. The van der Waals surface area contributed by atoms with Crippen molar-refractivity contribution in [3.05, 3.63) is 28.5 Å². The molecular formula is C12H17BrN2O. The predicted molar refractivity (Wildman–Crippen MR) is 68.3 cm³/mol. The van der Waals surface area contributed by atoms with E-state index in [-0.39, 0.29) is 17.4 Å². The van der Waals surface area contributed by atoms with Gasteiger partial charge in [-0.3, -0.25) is 4.79 Å². The molecule has 0 saturated heterocycles. The van der Waals surface area contributed by atoms with Crippen molar-refractivity contribution in [1.82, 2.24) is 10.3 Å². The first kappa shape index (κ1) is 13.2. The Kier molecular flexibility index (Phi) is 4.08. The van der Waals surface area contributed by atoms with Crippen molar-refractivity contribution in [3.63, 3.8) is 0 Å². The van der Waals surface area contributed by atoms with Crippen molar-refractivity contribution in [2.75, 3.05) is 0 Å². The van der Waals surface area contributed by atoms with Crippen LogP contribution in [0.3, 0.4) is 0 Å². The number of carbonyl (C=O) groups is 1. The molecule has 0 fully saturated rings. The summed E-state index contributed by atoms with van der Waals surface area (Å²) < 4.78 is 0.716. The van der Waals surface area contributed by atoms with Gasteiger partial charge in [-0.15, -0.1) is 0 Å². The highest BCUT2D eigenvalue weighted by atomic mass is 79.9. The van der Waals surface area contributed by atoms with Crippen LogP contribution in [0, 0.1) is 5.41 Å². The van der Waals surface area contributed by atoms with Crippen LogP contribution >= 0.6 is 15.9 Å². The normalized spacial score (nSPS) is 13.3. The van der Waals surface area contributed by atoms with Crippen LogP contribution in [0.4, 0.5) is 0 Å². The van der Waals surface area contributed by atoms with E-state index in [1.165, 1.54) is 0 Å². The van der Waals surface area contributed by atoms with Crippen LogP contribution in [-0.4, -0.2) is 16.9 Å². The predicted octanol–water partition coefficient (Wildman–Crippen LogP) is 3.01. The van der Waals surface area contributed by atoms with E-state index in [2.05, 4.69) is 47.0 Å².